The Morgan fingerprint density at radius 3 is 1.85 bits per heavy atom. The lowest BCUT2D eigenvalue weighted by Crippen LogP contribution is -2.28. The average Bonchev–Trinajstić information content (AvgIpc) is 2.67. The first-order valence-electron chi connectivity index (χ1n) is 8.35. The number of carbonyl (C=O) groups is 3. The van der Waals surface area contributed by atoms with Crippen molar-refractivity contribution in [2.24, 2.45) is 0 Å². The maximum atomic E-state index is 13.1. The Labute approximate surface area is 150 Å². The van der Waals surface area contributed by atoms with E-state index < -0.39 is 6.10 Å². The van der Waals surface area contributed by atoms with E-state index in [4.69, 9.17) is 0 Å². The third-order valence-corrected chi connectivity index (χ3v) is 5.14. The largest absolute Gasteiger partial charge is 0.384 e. The van der Waals surface area contributed by atoms with E-state index in [1.165, 1.54) is 0 Å². The first-order chi connectivity index (χ1) is 12.4. The molecule has 2 aromatic rings. The summed E-state index contributed by atoms with van der Waals surface area (Å²) in [6.45, 7) is 3.19. The van der Waals surface area contributed by atoms with Gasteiger partial charge in [-0.1, -0.05) is 48.5 Å². The standard InChI is InChI=1S/C22H16O4/c1-11-17(21(25)15-9-5-3-7-13(15)19(11)23)18-12(2)20(24)14-8-4-6-10-16(14)22(18)26/h3-10,19,23H,1-2H3. The monoisotopic (exact) mass is 344 g/mol. The molecule has 0 bridgehead atoms. The maximum absolute atomic E-state index is 13.1. The van der Waals surface area contributed by atoms with Crippen molar-refractivity contribution in [3.63, 3.8) is 0 Å². The van der Waals surface area contributed by atoms with Crippen molar-refractivity contribution in [1.29, 1.82) is 0 Å². The van der Waals surface area contributed by atoms with Crippen LogP contribution in [0.15, 0.2) is 70.8 Å². The number of aliphatic hydroxyl groups excluding tert-OH is 1. The quantitative estimate of drug-likeness (QED) is 0.857. The highest BCUT2D eigenvalue weighted by molar-refractivity contribution is 6.33. The number of benzene rings is 2. The lowest BCUT2D eigenvalue weighted by molar-refractivity contribution is 0.0960. The number of aliphatic hydroxyl groups is 1. The van der Waals surface area contributed by atoms with Gasteiger partial charge in [-0.3, -0.25) is 14.4 Å². The molecule has 2 aromatic carbocycles. The zero-order valence-corrected chi connectivity index (χ0v) is 14.4. The van der Waals surface area contributed by atoms with Gasteiger partial charge < -0.3 is 5.11 Å². The van der Waals surface area contributed by atoms with E-state index in [1.807, 2.05) is 0 Å². The van der Waals surface area contributed by atoms with Crippen molar-refractivity contribution in [1.82, 2.24) is 0 Å². The van der Waals surface area contributed by atoms with Crippen LogP contribution in [-0.4, -0.2) is 22.5 Å². The maximum Gasteiger partial charge on any atom is 0.194 e. The second-order valence-electron chi connectivity index (χ2n) is 6.58. The van der Waals surface area contributed by atoms with Gasteiger partial charge in [0.1, 0.15) is 6.10 Å². The molecule has 26 heavy (non-hydrogen) atoms. The Morgan fingerprint density at radius 1 is 0.692 bits per heavy atom. The van der Waals surface area contributed by atoms with Gasteiger partial charge in [-0.25, -0.2) is 0 Å². The molecule has 0 amide bonds. The molecule has 1 atom stereocenters. The Balaban J connectivity index is 1.97. The third kappa shape index (κ3) is 2.09. The molecule has 0 heterocycles. The molecule has 4 nitrogen and oxygen atoms in total. The van der Waals surface area contributed by atoms with Gasteiger partial charge >= 0.3 is 0 Å². The molecular weight excluding hydrogens is 328 g/mol. The lowest BCUT2D eigenvalue weighted by atomic mass is 9.74. The molecule has 128 valence electrons. The molecule has 0 aromatic heterocycles. The van der Waals surface area contributed by atoms with E-state index in [0.717, 1.165) is 0 Å². The second-order valence-corrected chi connectivity index (χ2v) is 6.58. The fraction of sp³-hybridized carbons (Fsp3) is 0.136. The van der Waals surface area contributed by atoms with Crippen molar-refractivity contribution < 1.29 is 19.5 Å². The van der Waals surface area contributed by atoms with Crippen molar-refractivity contribution in [2.75, 3.05) is 0 Å². The Morgan fingerprint density at radius 2 is 1.19 bits per heavy atom. The number of hydrogen-bond acceptors (Lipinski definition) is 4. The zero-order valence-electron chi connectivity index (χ0n) is 14.4. The van der Waals surface area contributed by atoms with Crippen LogP contribution in [0, 0.1) is 0 Å². The van der Waals surface area contributed by atoms with Gasteiger partial charge in [-0.2, -0.15) is 0 Å². The highest BCUT2D eigenvalue weighted by atomic mass is 16.3. The second kappa shape index (κ2) is 5.71. The molecule has 0 fully saturated rings. The molecule has 0 saturated carbocycles. The van der Waals surface area contributed by atoms with Crippen LogP contribution in [0.2, 0.25) is 0 Å². The molecule has 0 aliphatic heterocycles. The van der Waals surface area contributed by atoms with Crippen LogP contribution in [0.4, 0.5) is 0 Å². The summed E-state index contributed by atoms with van der Waals surface area (Å²) in [7, 11) is 0. The number of fused-ring (bicyclic) bond motifs is 2. The SMILES string of the molecule is CC1=C(C2=C(C)C(O)c3ccccc3C2=O)C(=O)c2ccccc2C1=O. The number of carbonyl (C=O) groups excluding carboxylic acids is 3. The highest BCUT2D eigenvalue weighted by Gasteiger charge is 2.38. The van der Waals surface area contributed by atoms with E-state index in [-0.39, 0.29) is 34.1 Å². The van der Waals surface area contributed by atoms with E-state index in [2.05, 4.69) is 0 Å². The molecule has 0 radical (unpaired) electrons. The lowest BCUT2D eigenvalue weighted by Gasteiger charge is -2.28. The minimum Gasteiger partial charge on any atom is -0.384 e. The van der Waals surface area contributed by atoms with E-state index in [1.54, 1.807) is 62.4 Å². The summed E-state index contributed by atoms with van der Waals surface area (Å²) in [5.74, 6) is -0.957. The number of Topliss-reactive ketones (excluding diaryl/α,β-unsaturated/α-hetero) is 3. The molecular formula is C22H16O4. The normalized spacial score (nSPS) is 19.7. The van der Waals surface area contributed by atoms with Crippen molar-refractivity contribution in [2.45, 2.75) is 20.0 Å². The smallest absolute Gasteiger partial charge is 0.194 e. The fourth-order valence-corrected chi connectivity index (χ4v) is 3.74. The number of hydrogen-bond donors (Lipinski definition) is 1. The molecule has 2 aliphatic carbocycles. The highest BCUT2D eigenvalue weighted by Crippen LogP contribution is 2.40. The molecule has 1 N–H and O–H groups in total. The van der Waals surface area contributed by atoms with Gasteiger partial charge in [0.2, 0.25) is 0 Å². The summed E-state index contributed by atoms with van der Waals surface area (Å²) in [6, 6.07) is 13.4. The number of ketones is 3. The summed E-state index contributed by atoms with van der Waals surface area (Å²) in [5.41, 5.74) is 2.39. The van der Waals surface area contributed by atoms with Crippen LogP contribution in [0.25, 0.3) is 0 Å². The van der Waals surface area contributed by atoms with Crippen LogP contribution < -0.4 is 0 Å². The van der Waals surface area contributed by atoms with E-state index in [0.29, 0.717) is 27.8 Å². The van der Waals surface area contributed by atoms with E-state index >= 15 is 0 Å². The number of allylic oxidation sites excluding steroid dienone is 3. The fourth-order valence-electron chi connectivity index (χ4n) is 3.74. The van der Waals surface area contributed by atoms with Gasteiger partial charge in [0.25, 0.3) is 0 Å². The predicted octanol–water partition coefficient (Wildman–Crippen LogP) is 3.63. The molecule has 2 aliphatic rings. The topological polar surface area (TPSA) is 71.4 Å². The Bertz CT molecular complexity index is 1070. The summed E-state index contributed by atoms with van der Waals surface area (Å²) in [4.78, 5) is 39.0. The molecule has 4 heteroatoms. The summed E-state index contributed by atoms with van der Waals surface area (Å²) < 4.78 is 0. The Hall–Kier alpha value is -3.11. The van der Waals surface area contributed by atoms with Crippen LogP contribution in [0.1, 0.15) is 56.6 Å². The summed E-state index contributed by atoms with van der Waals surface area (Å²) in [5, 5.41) is 10.7. The van der Waals surface area contributed by atoms with Gasteiger partial charge in [0, 0.05) is 33.4 Å². The van der Waals surface area contributed by atoms with Gasteiger partial charge in [-0.15, -0.1) is 0 Å². The van der Waals surface area contributed by atoms with Crippen LogP contribution in [0.3, 0.4) is 0 Å². The summed E-state index contributed by atoms with van der Waals surface area (Å²) >= 11 is 0. The van der Waals surface area contributed by atoms with Crippen LogP contribution >= 0.6 is 0 Å². The van der Waals surface area contributed by atoms with Crippen LogP contribution in [0.5, 0.6) is 0 Å². The minimum absolute atomic E-state index is 0.102. The molecule has 0 saturated heterocycles. The van der Waals surface area contributed by atoms with Gasteiger partial charge in [0.05, 0.1) is 0 Å². The average molecular weight is 344 g/mol. The third-order valence-electron chi connectivity index (χ3n) is 5.14. The minimum atomic E-state index is -0.987. The molecule has 1 unspecified atom stereocenters. The van der Waals surface area contributed by atoms with E-state index in [9.17, 15) is 19.5 Å². The summed E-state index contributed by atoms with van der Waals surface area (Å²) in [6.07, 6.45) is -0.987. The zero-order chi connectivity index (χ0) is 18.6. The predicted molar refractivity (Wildman–Crippen MR) is 96.2 cm³/mol. The first-order valence-corrected chi connectivity index (χ1v) is 8.35. The van der Waals surface area contributed by atoms with Crippen LogP contribution in [-0.2, 0) is 0 Å². The molecule has 0 spiro atoms. The number of rotatable bonds is 1. The van der Waals surface area contributed by atoms with Gasteiger partial charge in [-0.05, 0) is 25.0 Å². The molecule has 4 rings (SSSR count). The van der Waals surface area contributed by atoms with Gasteiger partial charge in [0.15, 0.2) is 17.3 Å². The van der Waals surface area contributed by atoms with Crippen molar-refractivity contribution >= 4 is 17.3 Å². The van der Waals surface area contributed by atoms with Crippen molar-refractivity contribution in [3.8, 4) is 0 Å². The van der Waals surface area contributed by atoms with Crippen molar-refractivity contribution in [3.05, 3.63) is 93.1 Å². The first kappa shape index (κ1) is 16.4. The Kier molecular flexibility index (Phi) is 3.60.